The maximum Gasteiger partial charge on any atom is 0.260 e. The van der Waals surface area contributed by atoms with E-state index in [1.54, 1.807) is 15.8 Å². The van der Waals surface area contributed by atoms with Gasteiger partial charge in [0.05, 0.1) is 24.6 Å². The number of nitrogens with zero attached hydrogens (tertiary/aromatic N) is 5. The third kappa shape index (κ3) is 3.77. The fraction of sp³-hybridized carbons (Fsp3) is 0.350. The molecule has 1 amide bonds. The minimum Gasteiger partial charge on any atom is -0.484 e. The highest BCUT2D eigenvalue weighted by Gasteiger charge is 2.17. The number of amides is 1. The highest BCUT2D eigenvalue weighted by molar-refractivity contribution is 5.77. The van der Waals surface area contributed by atoms with Crippen LogP contribution in [-0.2, 0) is 16.6 Å². The van der Waals surface area contributed by atoms with Crippen LogP contribution in [0.15, 0.2) is 42.9 Å². The molecule has 1 fully saturated rings. The van der Waals surface area contributed by atoms with E-state index in [9.17, 15) is 4.79 Å². The SMILES string of the molecule is Cc1nn(C)cc1-n1ccnc1-c1ccc(OCC(=O)N2CCOCC2)cc1. The molecule has 8 heteroatoms. The molecule has 0 spiro atoms. The van der Waals surface area contributed by atoms with Gasteiger partial charge in [-0.2, -0.15) is 5.10 Å². The molecular weight excluding hydrogens is 358 g/mol. The minimum atomic E-state index is -0.0185. The molecule has 0 bridgehead atoms. The van der Waals surface area contributed by atoms with Crippen LogP contribution in [-0.4, -0.2) is 63.0 Å². The number of rotatable bonds is 5. The number of carbonyl (C=O) groups excluding carboxylic acids is 1. The minimum absolute atomic E-state index is 0.0185. The first-order chi connectivity index (χ1) is 13.6. The van der Waals surface area contributed by atoms with Gasteiger partial charge in [-0.3, -0.25) is 14.0 Å². The Morgan fingerprint density at radius 1 is 1.21 bits per heavy atom. The van der Waals surface area contributed by atoms with Crippen molar-refractivity contribution in [3.63, 3.8) is 0 Å². The van der Waals surface area contributed by atoms with Crippen LogP contribution in [0.3, 0.4) is 0 Å². The Labute approximate surface area is 163 Å². The van der Waals surface area contributed by atoms with E-state index in [1.807, 2.05) is 55.2 Å². The van der Waals surface area contributed by atoms with Crippen LogP contribution >= 0.6 is 0 Å². The highest BCUT2D eigenvalue weighted by atomic mass is 16.5. The summed E-state index contributed by atoms with van der Waals surface area (Å²) in [5, 5.41) is 4.40. The van der Waals surface area contributed by atoms with Gasteiger partial charge in [0.2, 0.25) is 0 Å². The number of ether oxygens (including phenoxy) is 2. The van der Waals surface area contributed by atoms with Crippen LogP contribution in [0.2, 0.25) is 0 Å². The Kier molecular flexibility index (Phi) is 5.12. The standard InChI is InChI=1S/C20H23N5O3/c1-15-18(13-23(2)22-15)25-8-7-21-20(25)16-3-5-17(6-4-16)28-14-19(26)24-9-11-27-12-10-24/h3-8,13H,9-12,14H2,1-2H3. The summed E-state index contributed by atoms with van der Waals surface area (Å²) < 4.78 is 14.7. The summed E-state index contributed by atoms with van der Waals surface area (Å²) in [4.78, 5) is 18.4. The number of aromatic nitrogens is 4. The number of benzene rings is 1. The first-order valence-corrected chi connectivity index (χ1v) is 9.24. The number of imidazole rings is 1. The zero-order chi connectivity index (χ0) is 19.5. The monoisotopic (exact) mass is 381 g/mol. The van der Waals surface area contributed by atoms with Crippen molar-refractivity contribution >= 4 is 5.91 Å². The summed E-state index contributed by atoms with van der Waals surface area (Å²) in [6.45, 7) is 4.42. The average molecular weight is 381 g/mol. The Morgan fingerprint density at radius 2 is 1.96 bits per heavy atom. The molecule has 3 aromatic rings. The number of aryl methyl sites for hydroxylation is 2. The maximum atomic E-state index is 12.2. The Morgan fingerprint density at radius 3 is 2.64 bits per heavy atom. The molecule has 0 atom stereocenters. The van der Waals surface area contributed by atoms with Crippen molar-refractivity contribution in [2.24, 2.45) is 7.05 Å². The largest absolute Gasteiger partial charge is 0.484 e. The van der Waals surface area contributed by atoms with Crippen LogP contribution < -0.4 is 4.74 Å². The number of hydrogen-bond donors (Lipinski definition) is 0. The van der Waals surface area contributed by atoms with Crippen LogP contribution in [0.5, 0.6) is 5.75 Å². The van der Waals surface area contributed by atoms with Crippen molar-refractivity contribution in [3.05, 3.63) is 48.5 Å². The van der Waals surface area contributed by atoms with E-state index >= 15 is 0 Å². The number of carbonyl (C=O) groups is 1. The number of hydrogen-bond acceptors (Lipinski definition) is 5. The average Bonchev–Trinajstić information content (AvgIpc) is 3.33. The molecule has 1 saturated heterocycles. The van der Waals surface area contributed by atoms with Crippen molar-refractivity contribution in [1.29, 1.82) is 0 Å². The quantitative estimate of drug-likeness (QED) is 0.674. The van der Waals surface area contributed by atoms with E-state index in [1.165, 1.54) is 0 Å². The molecule has 1 aliphatic heterocycles. The van der Waals surface area contributed by atoms with E-state index in [4.69, 9.17) is 9.47 Å². The Bertz CT molecular complexity index is 955. The van der Waals surface area contributed by atoms with E-state index < -0.39 is 0 Å². The summed E-state index contributed by atoms with van der Waals surface area (Å²) in [5.41, 5.74) is 2.88. The van der Waals surface area contributed by atoms with Crippen molar-refractivity contribution in [3.8, 4) is 22.8 Å². The zero-order valence-electron chi connectivity index (χ0n) is 16.0. The molecule has 0 radical (unpaired) electrons. The molecule has 8 nitrogen and oxygen atoms in total. The molecule has 2 aromatic heterocycles. The lowest BCUT2D eigenvalue weighted by molar-refractivity contribution is -0.137. The van der Waals surface area contributed by atoms with Gasteiger partial charge in [-0.05, 0) is 31.2 Å². The van der Waals surface area contributed by atoms with E-state index in [0.717, 1.165) is 22.8 Å². The molecule has 146 valence electrons. The van der Waals surface area contributed by atoms with Gasteiger partial charge in [0.15, 0.2) is 6.61 Å². The topological polar surface area (TPSA) is 74.4 Å². The molecule has 1 aromatic carbocycles. The first kappa shape index (κ1) is 18.2. The van der Waals surface area contributed by atoms with Gasteiger partial charge in [-0.1, -0.05) is 0 Å². The first-order valence-electron chi connectivity index (χ1n) is 9.24. The fourth-order valence-electron chi connectivity index (χ4n) is 3.28. The molecular formula is C20H23N5O3. The summed E-state index contributed by atoms with van der Waals surface area (Å²) >= 11 is 0. The highest BCUT2D eigenvalue weighted by Crippen LogP contribution is 2.25. The predicted octanol–water partition coefficient (Wildman–Crippen LogP) is 1.82. The zero-order valence-corrected chi connectivity index (χ0v) is 16.0. The molecule has 0 aliphatic carbocycles. The third-order valence-corrected chi connectivity index (χ3v) is 4.73. The molecule has 0 N–H and O–H groups in total. The molecule has 1 aliphatic rings. The maximum absolute atomic E-state index is 12.2. The summed E-state index contributed by atoms with van der Waals surface area (Å²) in [6.07, 6.45) is 5.66. The van der Waals surface area contributed by atoms with E-state index in [-0.39, 0.29) is 12.5 Å². The van der Waals surface area contributed by atoms with Gasteiger partial charge in [0, 0.05) is 44.3 Å². The summed E-state index contributed by atoms with van der Waals surface area (Å²) in [5.74, 6) is 1.46. The van der Waals surface area contributed by atoms with Gasteiger partial charge < -0.3 is 14.4 Å². The fourth-order valence-corrected chi connectivity index (χ4v) is 3.28. The van der Waals surface area contributed by atoms with Crippen LogP contribution in [0.4, 0.5) is 0 Å². The third-order valence-electron chi connectivity index (χ3n) is 4.73. The smallest absolute Gasteiger partial charge is 0.260 e. The second kappa shape index (κ2) is 7.85. The van der Waals surface area contributed by atoms with Crippen molar-refractivity contribution in [2.75, 3.05) is 32.9 Å². The van der Waals surface area contributed by atoms with E-state index in [0.29, 0.717) is 32.1 Å². The Balaban J connectivity index is 1.45. The lowest BCUT2D eigenvalue weighted by Crippen LogP contribution is -2.42. The van der Waals surface area contributed by atoms with Crippen LogP contribution in [0, 0.1) is 6.92 Å². The van der Waals surface area contributed by atoms with Gasteiger partial charge in [0.25, 0.3) is 5.91 Å². The second-order valence-electron chi connectivity index (χ2n) is 6.70. The number of morpholine rings is 1. The van der Waals surface area contributed by atoms with Crippen LogP contribution in [0.1, 0.15) is 5.69 Å². The van der Waals surface area contributed by atoms with Gasteiger partial charge >= 0.3 is 0 Å². The van der Waals surface area contributed by atoms with Crippen LogP contribution in [0.25, 0.3) is 17.1 Å². The van der Waals surface area contributed by atoms with Gasteiger partial charge in [0.1, 0.15) is 11.6 Å². The van der Waals surface area contributed by atoms with Crippen molar-refractivity contribution < 1.29 is 14.3 Å². The van der Waals surface area contributed by atoms with Gasteiger partial charge in [-0.15, -0.1) is 0 Å². The van der Waals surface area contributed by atoms with Crippen molar-refractivity contribution in [2.45, 2.75) is 6.92 Å². The van der Waals surface area contributed by atoms with Gasteiger partial charge in [-0.25, -0.2) is 4.98 Å². The summed E-state index contributed by atoms with van der Waals surface area (Å²) in [6, 6.07) is 7.60. The van der Waals surface area contributed by atoms with Crippen molar-refractivity contribution in [1.82, 2.24) is 24.2 Å². The second-order valence-corrected chi connectivity index (χ2v) is 6.70. The molecule has 0 saturated carbocycles. The normalized spacial score (nSPS) is 14.3. The molecule has 0 unspecified atom stereocenters. The lowest BCUT2D eigenvalue weighted by Gasteiger charge is -2.26. The van der Waals surface area contributed by atoms with E-state index in [2.05, 4.69) is 10.1 Å². The molecule has 4 rings (SSSR count). The lowest BCUT2D eigenvalue weighted by atomic mass is 10.2. The summed E-state index contributed by atoms with van der Waals surface area (Å²) in [7, 11) is 1.90. The molecule has 28 heavy (non-hydrogen) atoms. The predicted molar refractivity (Wildman–Crippen MR) is 103 cm³/mol. The molecule has 3 heterocycles. The Hall–Kier alpha value is -3.13.